The van der Waals surface area contributed by atoms with Gasteiger partial charge in [-0.3, -0.25) is 4.79 Å². The molecule has 0 aliphatic carbocycles. The topological polar surface area (TPSA) is 56.1 Å². The second kappa shape index (κ2) is 4.35. The van der Waals surface area contributed by atoms with Crippen molar-refractivity contribution >= 4 is 27.9 Å². The van der Waals surface area contributed by atoms with Crippen molar-refractivity contribution < 1.29 is 13.2 Å². The van der Waals surface area contributed by atoms with Gasteiger partial charge in [-0.25, -0.2) is 12.4 Å². The van der Waals surface area contributed by atoms with Gasteiger partial charge in [0.25, 0.3) is 10.0 Å². The molecule has 0 spiro atoms. The zero-order valence-electron chi connectivity index (χ0n) is 8.58. The van der Waals surface area contributed by atoms with Crippen LogP contribution in [0.3, 0.4) is 0 Å². The van der Waals surface area contributed by atoms with Crippen LogP contribution in [0.5, 0.6) is 0 Å². The van der Waals surface area contributed by atoms with E-state index in [0.717, 1.165) is 3.97 Å². The normalized spacial score (nSPS) is 11.4. The van der Waals surface area contributed by atoms with Gasteiger partial charge >= 0.3 is 0 Å². The summed E-state index contributed by atoms with van der Waals surface area (Å²) >= 11 is 5.69. The van der Waals surface area contributed by atoms with Crippen molar-refractivity contribution in [2.75, 3.05) is 0 Å². The molecule has 6 heteroatoms. The summed E-state index contributed by atoms with van der Waals surface area (Å²) in [5.74, 6) is 0. The van der Waals surface area contributed by atoms with E-state index in [9.17, 15) is 13.2 Å². The Morgan fingerprint density at radius 1 is 1.12 bits per heavy atom. The third-order valence-electron chi connectivity index (χ3n) is 2.23. The largest absolute Gasteiger partial charge is 0.296 e. The summed E-state index contributed by atoms with van der Waals surface area (Å²) in [6.45, 7) is 0. The van der Waals surface area contributed by atoms with Crippen LogP contribution in [0.2, 0.25) is 5.02 Å². The molecular formula is C11H8ClNO3S. The molecule has 0 bridgehead atoms. The molecular weight excluding hydrogens is 262 g/mol. The lowest BCUT2D eigenvalue weighted by Gasteiger charge is -2.07. The fourth-order valence-corrected chi connectivity index (χ4v) is 2.85. The molecule has 4 nitrogen and oxygen atoms in total. The van der Waals surface area contributed by atoms with Crippen LogP contribution in [-0.4, -0.2) is 18.7 Å². The Balaban J connectivity index is 2.57. The summed E-state index contributed by atoms with van der Waals surface area (Å²) in [6, 6.07) is 8.69. The smallest absolute Gasteiger partial charge is 0.268 e. The van der Waals surface area contributed by atoms with Crippen molar-refractivity contribution in [1.82, 2.24) is 3.97 Å². The van der Waals surface area contributed by atoms with Crippen LogP contribution in [0.15, 0.2) is 47.5 Å². The number of carbonyl (C=O) groups is 1. The van der Waals surface area contributed by atoms with E-state index in [1.165, 1.54) is 42.6 Å². The van der Waals surface area contributed by atoms with Gasteiger partial charge < -0.3 is 0 Å². The highest BCUT2D eigenvalue weighted by Gasteiger charge is 2.18. The van der Waals surface area contributed by atoms with E-state index in [1.807, 2.05) is 0 Å². The SMILES string of the molecule is O=Cc1cccn1S(=O)(=O)c1ccc(Cl)cc1. The van der Waals surface area contributed by atoms with E-state index >= 15 is 0 Å². The Hall–Kier alpha value is -1.59. The predicted octanol–water partition coefficient (Wildman–Crippen LogP) is 2.19. The molecule has 0 N–H and O–H groups in total. The molecule has 0 saturated heterocycles. The highest BCUT2D eigenvalue weighted by molar-refractivity contribution is 7.90. The molecule has 0 aliphatic rings. The molecule has 0 aliphatic heterocycles. The van der Waals surface area contributed by atoms with Gasteiger partial charge in [0, 0.05) is 11.2 Å². The average Bonchev–Trinajstić information content (AvgIpc) is 2.78. The molecule has 0 unspecified atom stereocenters. The van der Waals surface area contributed by atoms with Gasteiger partial charge in [-0.1, -0.05) is 11.6 Å². The standard InChI is InChI=1S/C11H8ClNO3S/c12-9-3-5-11(6-4-9)17(15,16)13-7-1-2-10(13)8-14/h1-8H. The summed E-state index contributed by atoms with van der Waals surface area (Å²) in [5.41, 5.74) is 0.0833. The number of benzene rings is 1. The van der Waals surface area contributed by atoms with E-state index in [4.69, 9.17) is 11.6 Å². The van der Waals surface area contributed by atoms with Crippen LogP contribution in [0.1, 0.15) is 10.5 Å². The number of carbonyl (C=O) groups excluding carboxylic acids is 1. The summed E-state index contributed by atoms with van der Waals surface area (Å²) < 4.78 is 25.2. The maximum Gasteiger partial charge on any atom is 0.268 e. The Morgan fingerprint density at radius 2 is 1.76 bits per heavy atom. The zero-order chi connectivity index (χ0) is 12.5. The zero-order valence-corrected chi connectivity index (χ0v) is 10.1. The van der Waals surface area contributed by atoms with Crippen LogP contribution in [0, 0.1) is 0 Å². The van der Waals surface area contributed by atoms with Crippen LogP contribution >= 0.6 is 11.6 Å². The molecule has 1 aromatic carbocycles. The molecule has 1 heterocycles. The van der Waals surface area contributed by atoms with Gasteiger partial charge in [0.15, 0.2) is 6.29 Å². The quantitative estimate of drug-likeness (QED) is 0.803. The lowest BCUT2D eigenvalue weighted by molar-refractivity contribution is 0.111. The Bertz CT molecular complexity index is 644. The Labute approximate surface area is 103 Å². The first kappa shape index (κ1) is 11.9. The van der Waals surface area contributed by atoms with E-state index in [0.29, 0.717) is 11.3 Å². The lowest BCUT2D eigenvalue weighted by Crippen LogP contribution is -2.14. The minimum atomic E-state index is -3.73. The second-order valence-electron chi connectivity index (χ2n) is 3.31. The first-order valence-electron chi connectivity index (χ1n) is 4.69. The van der Waals surface area contributed by atoms with Gasteiger partial charge in [0.2, 0.25) is 0 Å². The fraction of sp³-hybridized carbons (Fsp3) is 0. The molecule has 0 atom stereocenters. The number of hydrogen-bond acceptors (Lipinski definition) is 3. The summed E-state index contributed by atoms with van der Waals surface area (Å²) in [4.78, 5) is 10.8. The minimum absolute atomic E-state index is 0.0833. The molecule has 2 aromatic rings. The van der Waals surface area contributed by atoms with Crippen molar-refractivity contribution in [3.05, 3.63) is 53.3 Å². The van der Waals surface area contributed by atoms with Crippen molar-refractivity contribution in [2.45, 2.75) is 4.90 Å². The first-order valence-corrected chi connectivity index (χ1v) is 6.51. The van der Waals surface area contributed by atoms with Crippen molar-refractivity contribution in [3.8, 4) is 0 Å². The number of halogens is 1. The number of rotatable bonds is 3. The number of aldehydes is 1. The van der Waals surface area contributed by atoms with E-state index in [-0.39, 0.29) is 10.6 Å². The third-order valence-corrected chi connectivity index (χ3v) is 4.20. The molecule has 1 aromatic heterocycles. The fourth-order valence-electron chi connectivity index (χ4n) is 1.41. The van der Waals surface area contributed by atoms with Crippen LogP contribution in [0.25, 0.3) is 0 Å². The molecule has 0 saturated carbocycles. The van der Waals surface area contributed by atoms with Crippen molar-refractivity contribution in [3.63, 3.8) is 0 Å². The molecule has 0 amide bonds. The Kier molecular flexibility index (Phi) is 3.04. The van der Waals surface area contributed by atoms with Gasteiger partial charge in [0.1, 0.15) is 0 Å². The average molecular weight is 270 g/mol. The highest BCUT2D eigenvalue weighted by atomic mass is 35.5. The summed E-state index contributed by atoms with van der Waals surface area (Å²) in [6.07, 6.45) is 1.82. The first-order chi connectivity index (χ1) is 8.05. The van der Waals surface area contributed by atoms with E-state index in [1.54, 1.807) is 0 Å². The monoisotopic (exact) mass is 269 g/mol. The summed E-state index contributed by atoms with van der Waals surface area (Å²) in [7, 11) is -3.73. The second-order valence-corrected chi connectivity index (χ2v) is 5.56. The van der Waals surface area contributed by atoms with Crippen LogP contribution in [0.4, 0.5) is 0 Å². The van der Waals surface area contributed by atoms with E-state index in [2.05, 4.69) is 0 Å². The molecule has 0 fully saturated rings. The van der Waals surface area contributed by atoms with Gasteiger partial charge in [-0.15, -0.1) is 0 Å². The predicted molar refractivity (Wildman–Crippen MR) is 63.9 cm³/mol. The maximum atomic E-state index is 12.1. The Morgan fingerprint density at radius 3 is 2.35 bits per heavy atom. The van der Waals surface area contributed by atoms with Crippen molar-refractivity contribution in [1.29, 1.82) is 0 Å². The lowest BCUT2D eigenvalue weighted by atomic mass is 10.4. The number of aromatic nitrogens is 1. The van der Waals surface area contributed by atoms with Crippen LogP contribution in [-0.2, 0) is 10.0 Å². The highest BCUT2D eigenvalue weighted by Crippen LogP contribution is 2.18. The number of hydrogen-bond donors (Lipinski definition) is 0. The van der Waals surface area contributed by atoms with E-state index < -0.39 is 10.0 Å². The third kappa shape index (κ3) is 2.11. The molecule has 88 valence electrons. The number of nitrogens with zero attached hydrogens (tertiary/aromatic N) is 1. The summed E-state index contributed by atoms with van der Waals surface area (Å²) in [5, 5.41) is 0.451. The van der Waals surface area contributed by atoms with Gasteiger partial charge in [-0.05, 0) is 36.4 Å². The van der Waals surface area contributed by atoms with Crippen molar-refractivity contribution in [2.24, 2.45) is 0 Å². The maximum absolute atomic E-state index is 12.1. The molecule has 17 heavy (non-hydrogen) atoms. The van der Waals surface area contributed by atoms with Gasteiger partial charge in [0.05, 0.1) is 10.6 Å². The van der Waals surface area contributed by atoms with Crippen LogP contribution < -0.4 is 0 Å². The van der Waals surface area contributed by atoms with Gasteiger partial charge in [-0.2, -0.15) is 0 Å². The minimum Gasteiger partial charge on any atom is -0.296 e. The molecule has 2 rings (SSSR count). The molecule has 0 radical (unpaired) electrons.